The Bertz CT molecular complexity index is 670. The Hall–Kier alpha value is -2.55. The Morgan fingerprint density at radius 1 is 1.55 bits per heavy atom. The Labute approximate surface area is 117 Å². The van der Waals surface area contributed by atoms with Gasteiger partial charge in [0, 0.05) is 10.9 Å². The smallest absolute Gasteiger partial charge is 0.288 e. The number of anilines is 1. The van der Waals surface area contributed by atoms with Gasteiger partial charge in [0.25, 0.3) is 11.6 Å². The molecule has 1 amide bonds. The van der Waals surface area contributed by atoms with Gasteiger partial charge in [-0.05, 0) is 6.92 Å². The molecule has 0 radical (unpaired) electrons. The Morgan fingerprint density at radius 2 is 2.30 bits per heavy atom. The van der Waals surface area contributed by atoms with Crippen LogP contribution < -0.4 is 11.1 Å². The van der Waals surface area contributed by atoms with Crippen LogP contribution in [-0.4, -0.2) is 20.8 Å². The number of nitrogens with two attached hydrogens (primary N) is 1. The second-order valence-electron chi connectivity index (χ2n) is 3.93. The normalized spacial score (nSPS) is 10.2. The summed E-state index contributed by atoms with van der Waals surface area (Å²) in [6.07, 6.45) is 1.08. The van der Waals surface area contributed by atoms with E-state index < -0.39 is 10.8 Å². The molecule has 0 atom stereocenters. The average molecular weight is 293 g/mol. The maximum Gasteiger partial charge on any atom is 0.288 e. The lowest BCUT2D eigenvalue weighted by atomic mass is 10.2. The Balaban J connectivity index is 2.25. The second-order valence-corrected chi connectivity index (χ2v) is 4.86. The van der Waals surface area contributed by atoms with Gasteiger partial charge in [0.15, 0.2) is 0 Å². The molecule has 0 aliphatic heterocycles. The van der Waals surface area contributed by atoms with E-state index >= 15 is 0 Å². The molecule has 0 saturated heterocycles. The molecule has 0 aromatic carbocycles. The zero-order valence-electron chi connectivity index (χ0n) is 10.5. The van der Waals surface area contributed by atoms with Gasteiger partial charge in [0.05, 0.1) is 28.2 Å². The molecule has 0 saturated carbocycles. The highest BCUT2D eigenvalue weighted by atomic mass is 32.1. The van der Waals surface area contributed by atoms with E-state index in [0.29, 0.717) is 6.54 Å². The number of hydrogen-bond donors (Lipinski definition) is 2. The molecule has 0 aliphatic carbocycles. The number of aromatic nitrogens is 2. The number of pyridine rings is 1. The fourth-order valence-electron chi connectivity index (χ4n) is 1.54. The number of amides is 1. The third kappa shape index (κ3) is 2.88. The Morgan fingerprint density at radius 3 is 2.85 bits per heavy atom. The van der Waals surface area contributed by atoms with E-state index in [1.807, 2.05) is 6.92 Å². The van der Waals surface area contributed by atoms with E-state index in [1.165, 1.54) is 11.3 Å². The summed E-state index contributed by atoms with van der Waals surface area (Å²) in [5.74, 6) is -0.555. The van der Waals surface area contributed by atoms with Crippen molar-refractivity contribution in [2.24, 2.45) is 5.73 Å². The molecule has 2 rings (SSSR count). The predicted octanol–water partition coefficient (Wildman–Crippen LogP) is 1.47. The van der Waals surface area contributed by atoms with E-state index in [0.717, 1.165) is 22.8 Å². The van der Waals surface area contributed by atoms with E-state index in [4.69, 9.17) is 5.73 Å². The summed E-state index contributed by atoms with van der Waals surface area (Å²) < 4.78 is 0. The lowest BCUT2D eigenvalue weighted by Gasteiger charge is -2.08. The first-order valence-corrected chi connectivity index (χ1v) is 6.44. The summed E-state index contributed by atoms with van der Waals surface area (Å²) in [6, 6.07) is 1.11. The van der Waals surface area contributed by atoms with E-state index in [9.17, 15) is 14.9 Å². The van der Waals surface area contributed by atoms with Gasteiger partial charge in [-0.2, -0.15) is 0 Å². The summed E-state index contributed by atoms with van der Waals surface area (Å²) in [4.78, 5) is 30.3. The molecule has 0 fully saturated rings. The van der Waals surface area contributed by atoms with Crippen LogP contribution in [0.5, 0.6) is 0 Å². The third-order valence-corrected chi connectivity index (χ3v) is 3.55. The maximum absolute atomic E-state index is 11.3. The molecular formula is C11H11N5O3S. The molecule has 0 spiro atoms. The average Bonchev–Trinajstić information content (AvgIpc) is 2.81. The third-order valence-electron chi connectivity index (χ3n) is 2.61. The largest absolute Gasteiger partial charge is 0.365 e. The van der Waals surface area contributed by atoms with Crippen LogP contribution in [0, 0.1) is 17.0 Å². The maximum atomic E-state index is 11.3. The van der Waals surface area contributed by atoms with Crippen molar-refractivity contribution in [2.45, 2.75) is 13.5 Å². The molecular weight excluding hydrogens is 282 g/mol. The molecule has 104 valence electrons. The number of nitro groups is 1. The van der Waals surface area contributed by atoms with Crippen LogP contribution in [0.25, 0.3) is 0 Å². The van der Waals surface area contributed by atoms with Crippen molar-refractivity contribution < 1.29 is 9.72 Å². The van der Waals surface area contributed by atoms with Crippen LogP contribution in [0.15, 0.2) is 17.8 Å². The number of primary amides is 1. The fraction of sp³-hybridized carbons (Fsp3) is 0.182. The first-order chi connectivity index (χ1) is 9.49. The molecule has 0 bridgehead atoms. The zero-order valence-corrected chi connectivity index (χ0v) is 11.3. The van der Waals surface area contributed by atoms with Crippen molar-refractivity contribution in [3.63, 3.8) is 0 Å². The highest BCUT2D eigenvalue weighted by Gasteiger charge is 2.16. The standard InChI is InChI=1S/C11H11N5O3S/c1-6-9(20-5-15-6)4-14-11-8(10(12)17)2-7(3-13-11)16(18)19/h2-3,5H,4H2,1H3,(H2,12,17)(H,13,14). The van der Waals surface area contributed by atoms with Gasteiger partial charge in [-0.15, -0.1) is 11.3 Å². The molecule has 9 heteroatoms. The van der Waals surface area contributed by atoms with Gasteiger partial charge in [0.2, 0.25) is 0 Å². The summed E-state index contributed by atoms with van der Waals surface area (Å²) in [5, 5.41) is 13.6. The first-order valence-electron chi connectivity index (χ1n) is 5.56. The minimum absolute atomic E-state index is 0.0126. The Kier molecular flexibility index (Phi) is 3.89. The highest BCUT2D eigenvalue weighted by Crippen LogP contribution is 2.20. The summed E-state index contributed by atoms with van der Waals surface area (Å²) in [6.45, 7) is 2.29. The van der Waals surface area contributed by atoms with Crippen molar-refractivity contribution in [3.05, 3.63) is 44.0 Å². The lowest BCUT2D eigenvalue weighted by molar-refractivity contribution is -0.385. The van der Waals surface area contributed by atoms with Gasteiger partial charge in [-0.25, -0.2) is 9.97 Å². The van der Waals surface area contributed by atoms with Crippen LogP contribution in [0.1, 0.15) is 20.9 Å². The number of nitrogens with zero attached hydrogens (tertiary/aromatic N) is 3. The molecule has 0 aliphatic rings. The van der Waals surface area contributed by atoms with Crippen molar-refractivity contribution in [3.8, 4) is 0 Å². The summed E-state index contributed by atoms with van der Waals surface area (Å²) >= 11 is 1.47. The molecule has 2 heterocycles. The highest BCUT2D eigenvalue weighted by molar-refractivity contribution is 7.09. The van der Waals surface area contributed by atoms with Gasteiger partial charge in [-0.1, -0.05) is 0 Å². The number of carbonyl (C=O) groups excluding carboxylic acids is 1. The van der Waals surface area contributed by atoms with Gasteiger partial charge in [0.1, 0.15) is 12.0 Å². The van der Waals surface area contributed by atoms with Crippen molar-refractivity contribution in [1.29, 1.82) is 0 Å². The summed E-state index contributed by atoms with van der Waals surface area (Å²) in [7, 11) is 0. The number of thiazole rings is 1. The van der Waals surface area contributed by atoms with Gasteiger partial charge >= 0.3 is 0 Å². The quantitative estimate of drug-likeness (QED) is 0.635. The molecule has 2 aromatic rings. The van der Waals surface area contributed by atoms with E-state index in [2.05, 4.69) is 15.3 Å². The van der Waals surface area contributed by atoms with Gasteiger partial charge < -0.3 is 11.1 Å². The molecule has 0 unspecified atom stereocenters. The van der Waals surface area contributed by atoms with Gasteiger partial charge in [-0.3, -0.25) is 14.9 Å². The van der Waals surface area contributed by atoms with Crippen molar-refractivity contribution >= 4 is 28.7 Å². The van der Waals surface area contributed by atoms with E-state index in [1.54, 1.807) is 5.51 Å². The SMILES string of the molecule is Cc1ncsc1CNc1ncc([N+](=O)[O-])cc1C(N)=O. The predicted molar refractivity (Wildman–Crippen MR) is 73.6 cm³/mol. The van der Waals surface area contributed by atoms with Crippen LogP contribution >= 0.6 is 11.3 Å². The lowest BCUT2D eigenvalue weighted by Crippen LogP contribution is -2.16. The van der Waals surface area contributed by atoms with Crippen molar-refractivity contribution in [1.82, 2.24) is 9.97 Å². The minimum atomic E-state index is -0.773. The fourth-order valence-corrected chi connectivity index (χ4v) is 2.26. The van der Waals surface area contributed by atoms with E-state index in [-0.39, 0.29) is 17.1 Å². The molecule has 2 aromatic heterocycles. The minimum Gasteiger partial charge on any atom is -0.365 e. The number of hydrogen-bond acceptors (Lipinski definition) is 7. The number of aryl methyl sites for hydroxylation is 1. The second kappa shape index (κ2) is 5.61. The topological polar surface area (TPSA) is 124 Å². The number of carbonyl (C=O) groups is 1. The number of rotatable bonds is 5. The molecule has 20 heavy (non-hydrogen) atoms. The van der Waals surface area contributed by atoms with Crippen LogP contribution in [-0.2, 0) is 6.54 Å². The van der Waals surface area contributed by atoms with Crippen LogP contribution in [0.2, 0.25) is 0 Å². The first kappa shape index (κ1) is 13.9. The molecule has 3 N–H and O–H groups in total. The zero-order chi connectivity index (χ0) is 14.7. The van der Waals surface area contributed by atoms with Crippen LogP contribution in [0.3, 0.4) is 0 Å². The monoisotopic (exact) mass is 293 g/mol. The van der Waals surface area contributed by atoms with Crippen molar-refractivity contribution in [2.75, 3.05) is 5.32 Å². The number of nitrogens with one attached hydrogen (secondary N) is 1. The van der Waals surface area contributed by atoms with Crippen LogP contribution in [0.4, 0.5) is 11.5 Å². The molecule has 8 nitrogen and oxygen atoms in total. The summed E-state index contributed by atoms with van der Waals surface area (Å²) in [5.41, 5.74) is 7.51.